The van der Waals surface area contributed by atoms with Gasteiger partial charge in [0.05, 0.1) is 26.0 Å². The van der Waals surface area contributed by atoms with Crippen LogP contribution < -0.4 is 19.6 Å². The third-order valence-electron chi connectivity index (χ3n) is 6.63. The summed E-state index contributed by atoms with van der Waals surface area (Å²) >= 11 is 0. The summed E-state index contributed by atoms with van der Waals surface area (Å²) in [6, 6.07) is 25.6. The fourth-order valence-corrected chi connectivity index (χ4v) is 4.68. The number of rotatable bonds is 8. The number of carbonyl (C=O) groups excluding carboxylic acids is 2. The van der Waals surface area contributed by atoms with Crippen LogP contribution in [0.15, 0.2) is 90.0 Å². The number of hydrogen-bond acceptors (Lipinski definition) is 6. The van der Waals surface area contributed by atoms with Gasteiger partial charge in [0.15, 0.2) is 11.5 Å². The van der Waals surface area contributed by atoms with E-state index in [1.807, 2.05) is 44.2 Å². The number of nitrogens with one attached hydrogen (secondary N) is 2. The van der Waals surface area contributed by atoms with Crippen LogP contribution in [0.25, 0.3) is 22.0 Å². The molecule has 0 bridgehead atoms. The zero-order chi connectivity index (χ0) is 28.9. The Labute approximate surface area is 237 Å². The maximum Gasteiger partial charge on any atom is 0.343 e. The molecule has 0 atom stereocenters. The van der Waals surface area contributed by atoms with Crippen LogP contribution in [0.3, 0.4) is 0 Å². The lowest BCUT2D eigenvalue weighted by Crippen LogP contribution is -2.18. The molecule has 8 nitrogen and oxygen atoms in total. The van der Waals surface area contributed by atoms with Gasteiger partial charge in [0, 0.05) is 16.5 Å². The van der Waals surface area contributed by atoms with Gasteiger partial charge in [0.1, 0.15) is 11.4 Å². The number of H-pyrrole nitrogens is 1. The highest BCUT2D eigenvalue weighted by atomic mass is 16.6. The van der Waals surface area contributed by atoms with Gasteiger partial charge in [-0.15, -0.1) is 0 Å². The van der Waals surface area contributed by atoms with Crippen LogP contribution in [0.2, 0.25) is 0 Å². The van der Waals surface area contributed by atoms with Crippen molar-refractivity contribution in [3.63, 3.8) is 0 Å². The fourth-order valence-electron chi connectivity index (χ4n) is 4.68. The van der Waals surface area contributed by atoms with E-state index in [-0.39, 0.29) is 11.7 Å². The van der Waals surface area contributed by atoms with Gasteiger partial charge in [-0.25, -0.2) is 10.2 Å². The maximum atomic E-state index is 13.3. The van der Waals surface area contributed by atoms with E-state index in [1.165, 1.54) is 13.3 Å². The van der Waals surface area contributed by atoms with E-state index in [9.17, 15) is 9.59 Å². The van der Waals surface area contributed by atoms with Gasteiger partial charge in [-0.2, -0.15) is 5.10 Å². The molecule has 0 aliphatic rings. The van der Waals surface area contributed by atoms with Crippen LogP contribution in [-0.4, -0.2) is 37.3 Å². The Balaban J connectivity index is 1.35. The van der Waals surface area contributed by atoms with Gasteiger partial charge >= 0.3 is 5.97 Å². The summed E-state index contributed by atoms with van der Waals surface area (Å²) < 4.78 is 16.1. The minimum atomic E-state index is -0.530. The topological polar surface area (TPSA) is 102 Å². The zero-order valence-corrected chi connectivity index (χ0v) is 23.1. The van der Waals surface area contributed by atoms with E-state index in [1.54, 1.807) is 49.6 Å². The van der Waals surface area contributed by atoms with Crippen LogP contribution in [0.1, 0.15) is 37.5 Å². The number of aromatic nitrogens is 1. The van der Waals surface area contributed by atoms with E-state index in [2.05, 4.69) is 27.6 Å². The molecule has 1 heterocycles. The molecule has 0 aliphatic heterocycles. The molecule has 0 spiro atoms. The highest BCUT2D eigenvalue weighted by Crippen LogP contribution is 2.35. The van der Waals surface area contributed by atoms with Crippen molar-refractivity contribution in [1.82, 2.24) is 10.4 Å². The summed E-state index contributed by atoms with van der Waals surface area (Å²) in [7, 11) is 3.04. The fraction of sp³-hybridized carbons (Fsp3) is 0.121. The number of aromatic amines is 1. The van der Waals surface area contributed by atoms with Gasteiger partial charge in [0.2, 0.25) is 0 Å². The third kappa shape index (κ3) is 5.81. The third-order valence-corrected chi connectivity index (χ3v) is 6.63. The molecule has 0 saturated heterocycles. The summed E-state index contributed by atoms with van der Waals surface area (Å²) in [5.41, 5.74) is 8.90. The first-order valence-electron chi connectivity index (χ1n) is 12.9. The summed E-state index contributed by atoms with van der Waals surface area (Å²) in [5, 5.41) is 5.15. The first kappa shape index (κ1) is 27.2. The second-order valence-electron chi connectivity index (χ2n) is 9.47. The molecule has 206 valence electrons. The van der Waals surface area contributed by atoms with Crippen molar-refractivity contribution < 1.29 is 23.8 Å². The predicted octanol–water partition coefficient (Wildman–Crippen LogP) is 6.45. The van der Waals surface area contributed by atoms with Crippen LogP contribution in [0, 0.1) is 13.8 Å². The average Bonchev–Trinajstić information content (AvgIpc) is 3.38. The average molecular weight is 548 g/mol. The Morgan fingerprint density at radius 3 is 2.32 bits per heavy atom. The standard InChI is InChI=1S/C33H29N3O5/c1-20-16-21(2)30-26(17-20)29(23-8-6-5-7-9-23)31(35-30)32(37)36-34-19-22-10-15-27(28(18-22)40-4)41-33(38)24-11-13-25(39-3)14-12-24/h5-19,35H,1-4H3,(H,36,37). The molecule has 5 rings (SSSR count). The van der Waals surface area contributed by atoms with Gasteiger partial charge in [0.25, 0.3) is 5.91 Å². The van der Waals surface area contributed by atoms with Crippen molar-refractivity contribution in [1.29, 1.82) is 0 Å². The second-order valence-corrected chi connectivity index (χ2v) is 9.47. The molecule has 4 aromatic carbocycles. The second kappa shape index (κ2) is 11.8. The van der Waals surface area contributed by atoms with Crippen molar-refractivity contribution in [2.45, 2.75) is 13.8 Å². The van der Waals surface area contributed by atoms with E-state index in [0.29, 0.717) is 28.3 Å². The molecule has 1 aromatic heterocycles. The monoisotopic (exact) mass is 547 g/mol. The number of ether oxygens (including phenoxy) is 3. The number of nitrogens with zero attached hydrogens (tertiary/aromatic N) is 1. The minimum Gasteiger partial charge on any atom is -0.497 e. The lowest BCUT2D eigenvalue weighted by Gasteiger charge is -2.10. The van der Waals surface area contributed by atoms with Gasteiger partial charge in [-0.3, -0.25) is 4.79 Å². The quantitative estimate of drug-likeness (QED) is 0.101. The predicted molar refractivity (Wildman–Crippen MR) is 159 cm³/mol. The molecule has 2 N–H and O–H groups in total. The first-order valence-corrected chi connectivity index (χ1v) is 12.9. The molecule has 0 unspecified atom stereocenters. The van der Waals surface area contributed by atoms with E-state index in [0.717, 1.165) is 33.2 Å². The van der Waals surface area contributed by atoms with Crippen molar-refractivity contribution >= 4 is 29.0 Å². The Morgan fingerprint density at radius 1 is 0.854 bits per heavy atom. The number of aryl methyl sites for hydroxylation is 2. The first-order chi connectivity index (χ1) is 19.9. The molecule has 0 radical (unpaired) electrons. The Morgan fingerprint density at radius 2 is 1.61 bits per heavy atom. The van der Waals surface area contributed by atoms with E-state index >= 15 is 0 Å². The number of fused-ring (bicyclic) bond motifs is 1. The molecule has 1 amide bonds. The number of methoxy groups -OCH3 is 2. The van der Waals surface area contributed by atoms with Crippen LogP contribution in [0.4, 0.5) is 0 Å². The molecule has 0 saturated carbocycles. The number of hydrazone groups is 1. The van der Waals surface area contributed by atoms with Crippen molar-refractivity contribution in [2.75, 3.05) is 14.2 Å². The van der Waals surface area contributed by atoms with Crippen molar-refractivity contribution in [3.8, 4) is 28.4 Å². The summed E-state index contributed by atoms with van der Waals surface area (Å²) in [6.45, 7) is 4.06. The normalized spacial score (nSPS) is 11.0. The zero-order valence-electron chi connectivity index (χ0n) is 23.1. The number of hydrogen-bond donors (Lipinski definition) is 2. The van der Waals surface area contributed by atoms with E-state index in [4.69, 9.17) is 14.2 Å². The Kier molecular flexibility index (Phi) is 7.83. The highest BCUT2D eigenvalue weighted by molar-refractivity contribution is 6.10. The molecular formula is C33H29N3O5. The molecule has 41 heavy (non-hydrogen) atoms. The van der Waals surface area contributed by atoms with E-state index < -0.39 is 5.97 Å². The molecule has 0 aliphatic carbocycles. The molecular weight excluding hydrogens is 518 g/mol. The van der Waals surface area contributed by atoms with Crippen LogP contribution >= 0.6 is 0 Å². The van der Waals surface area contributed by atoms with Gasteiger partial charge in [-0.05, 0) is 79.1 Å². The lowest BCUT2D eigenvalue weighted by atomic mass is 9.99. The molecule has 5 aromatic rings. The number of amides is 1. The number of benzene rings is 4. The highest BCUT2D eigenvalue weighted by Gasteiger charge is 2.20. The number of carbonyl (C=O) groups is 2. The Bertz CT molecular complexity index is 1760. The summed E-state index contributed by atoms with van der Waals surface area (Å²) in [4.78, 5) is 29.2. The SMILES string of the molecule is COc1ccc(C(=O)Oc2ccc(C=NNC(=O)c3[nH]c4c(C)cc(C)cc4c3-c3ccccc3)cc2OC)cc1. The maximum absolute atomic E-state index is 13.3. The van der Waals surface area contributed by atoms with Crippen LogP contribution in [0.5, 0.6) is 17.2 Å². The van der Waals surface area contributed by atoms with Crippen molar-refractivity contribution in [2.24, 2.45) is 5.10 Å². The smallest absolute Gasteiger partial charge is 0.343 e. The summed E-state index contributed by atoms with van der Waals surface area (Å²) in [6.07, 6.45) is 1.50. The summed E-state index contributed by atoms with van der Waals surface area (Å²) in [5.74, 6) is 0.338. The Hall–Kier alpha value is -5.37. The minimum absolute atomic E-state index is 0.255. The largest absolute Gasteiger partial charge is 0.497 e. The molecule has 0 fully saturated rings. The van der Waals surface area contributed by atoms with Crippen LogP contribution in [-0.2, 0) is 0 Å². The van der Waals surface area contributed by atoms with Crippen molar-refractivity contribution in [3.05, 3.63) is 113 Å². The molecule has 8 heteroatoms. The number of esters is 1. The lowest BCUT2D eigenvalue weighted by molar-refractivity contribution is 0.0729. The van der Waals surface area contributed by atoms with Gasteiger partial charge < -0.3 is 19.2 Å². The van der Waals surface area contributed by atoms with Gasteiger partial charge in [-0.1, -0.05) is 42.0 Å².